The second-order valence-electron chi connectivity index (χ2n) is 5.54. The summed E-state index contributed by atoms with van der Waals surface area (Å²) in [6.07, 6.45) is 4.44. The van der Waals surface area contributed by atoms with Crippen molar-refractivity contribution in [2.24, 2.45) is 0 Å². The van der Waals surface area contributed by atoms with E-state index in [4.69, 9.17) is 9.47 Å². The molecule has 2 rings (SSSR count). The van der Waals surface area contributed by atoms with E-state index in [0.29, 0.717) is 12.4 Å². The van der Waals surface area contributed by atoms with Crippen molar-refractivity contribution in [3.8, 4) is 5.75 Å². The van der Waals surface area contributed by atoms with Gasteiger partial charge < -0.3 is 9.47 Å². The Hall–Kier alpha value is -2.29. The fourth-order valence-electron chi connectivity index (χ4n) is 2.31. The summed E-state index contributed by atoms with van der Waals surface area (Å²) < 4.78 is 10.3. The van der Waals surface area contributed by atoms with Crippen molar-refractivity contribution in [3.05, 3.63) is 65.7 Å². The van der Waals surface area contributed by atoms with Gasteiger partial charge in [0.25, 0.3) is 0 Å². The molecule has 2 aromatic rings. The highest BCUT2D eigenvalue weighted by Gasteiger charge is 2.06. The van der Waals surface area contributed by atoms with Crippen molar-refractivity contribution in [3.63, 3.8) is 0 Å². The summed E-state index contributed by atoms with van der Waals surface area (Å²) in [4.78, 5) is 11.6. The van der Waals surface area contributed by atoms with E-state index in [1.54, 1.807) is 0 Å². The van der Waals surface area contributed by atoms with Gasteiger partial charge >= 0.3 is 6.16 Å². The number of rotatable bonds is 8. The Kier molecular flexibility index (Phi) is 7.18. The average molecular weight is 312 g/mol. The molecule has 0 N–H and O–H groups in total. The predicted molar refractivity (Wildman–Crippen MR) is 91.8 cm³/mol. The molecule has 122 valence electrons. The third kappa shape index (κ3) is 6.55. The number of carbonyl (C=O) groups excluding carboxylic acids is 1. The summed E-state index contributed by atoms with van der Waals surface area (Å²) in [6.45, 7) is 2.54. The lowest BCUT2D eigenvalue weighted by Gasteiger charge is -2.07. The van der Waals surface area contributed by atoms with Crippen LogP contribution in [0.2, 0.25) is 0 Å². The number of aryl methyl sites for hydroxylation is 2. The van der Waals surface area contributed by atoms with Gasteiger partial charge in [0.1, 0.15) is 5.75 Å². The van der Waals surface area contributed by atoms with E-state index in [2.05, 4.69) is 19.1 Å². The Morgan fingerprint density at radius 3 is 2.22 bits per heavy atom. The van der Waals surface area contributed by atoms with Crippen molar-refractivity contribution < 1.29 is 14.3 Å². The normalized spacial score (nSPS) is 10.3. The molecule has 0 aliphatic rings. The van der Waals surface area contributed by atoms with E-state index >= 15 is 0 Å². The first-order valence-corrected chi connectivity index (χ1v) is 8.25. The van der Waals surface area contributed by atoms with E-state index < -0.39 is 6.16 Å². The molecule has 3 heteroatoms. The highest BCUT2D eigenvalue weighted by molar-refractivity contribution is 5.63. The van der Waals surface area contributed by atoms with Gasteiger partial charge in [-0.3, -0.25) is 0 Å². The Morgan fingerprint density at radius 1 is 0.870 bits per heavy atom. The van der Waals surface area contributed by atoms with Gasteiger partial charge in [-0.15, -0.1) is 0 Å². The summed E-state index contributed by atoms with van der Waals surface area (Å²) in [5, 5.41) is 0. The van der Waals surface area contributed by atoms with Crippen LogP contribution in [0.4, 0.5) is 4.79 Å². The van der Waals surface area contributed by atoms with Crippen LogP contribution in [0.25, 0.3) is 0 Å². The first kappa shape index (κ1) is 17.1. The Morgan fingerprint density at radius 2 is 1.52 bits per heavy atom. The largest absolute Gasteiger partial charge is 0.513 e. The fourth-order valence-corrected chi connectivity index (χ4v) is 2.31. The quantitative estimate of drug-likeness (QED) is 0.383. The van der Waals surface area contributed by atoms with Gasteiger partial charge in [0.2, 0.25) is 0 Å². The van der Waals surface area contributed by atoms with Gasteiger partial charge in [-0.25, -0.2) is 4.79 Å². The molecule has 23 heavy (non-hydrogen) atoms. The highest BCUT2D eigenvalue weighted by Crippen LogP contribution is 2.14. The maximum absolute atomic E-state index is 11.6. The zero-order valence-electron chi connectivity index (χ0n) is 13.7. The second kappa shape index (κ2) is 9.67. The van der Waals surface area contributed by atoms with E-state index in [-0.39, 0.29) is 0 Å². The molecule has 3 nitrogen and oxygen atoms in total. The Bertz CT molecular complexity index is 576. The van der Waals surface area contributed by atoms with Crippen LogP contribution in [0.15, 0.2) is 54.6 Å². The zero-order valence-corrected chi connectivity index (χ0v) is 13.7. The van der Waals surface area contributed by atoms with Gasteiger partial charge in [-0.1, -0.05) is 55.8 Å². The van der Waals surface area contributed by atoms with Crippen LogP contribution in [0, 0.1) is 0 Å². The van der Waals surface area contributed by atoms with Gasteiger partial charge in [-0.05, 0) is 48.9 Å². The minimum Gasteiger partial charge on any atom is -0.434 e. The molecule has 0 bridgehead atoms. The molecule has 0 radical (unpaired) electrons. The number of unbranched alkanes of at least 4 members (excludes halogenated alkanes) is 1. The highest BCUT2D eigenvalue weighted by atomic mass is 16.7. The SMILES string of the molecule is CCCCc1ccc(OC(=O)OCCCc2ccccc2)cc1. The number of hydrogen-bond acceptors (Lipinski definition) is 3. The molecule has 0 atom stereocenters. The number of ether oxygens (including phenoxy) is 2. The molecule has 2 aromatic carbocycles. The third-order valence-corrected chi connectivity index (χ3v) is 3.62. The van der Waals surface area contributed by atoms with Gasteiger partial charge in [0, 0.05) is 0 Å². The van der Waals surface area contributed by atoms with Crippen LogP contribution in [0.3, 0.4) is 0 Å². The maximum Gasteiger partial charge on any atom is 0.513 e. The van der Waals surface area contributed by atoms with Crippen LogP contribution in [0.1, 0.15) is 37.3 Å². The fraction of sp³-hybridized carbons (Fsp3) is 0.350. The summed E-state index contributed by atoms with van der Waals surface area (Å²) in [5.74, 6) is 0.526. The summed E-state index contributed by atoms with van der Waals surface area (Å²) in [6, 6.07) is 17.8. The van der Waals surface area contributed by atoms with Crippen LogP contribution < -0.4 is 4.74 Å². The monoisotopic (exact) mass is 312 g/mol. The third-order valence-electron chi connectivity index (χ3n) is 3.62. The molecule has 0 saturated carbocycles. The van der Waals surface area contributed by atoms with Crippen molar-refractivity contribution >= 4 is 6.16 Å². The molecule has 0 spiro atoms. The number of hydrogen-bond donors (Lipinski definition) is 0. The minimum absolute atomic E-state index is 0.363. The molecular formula is C20H24O3. The van der Waals surface area contributed by atoms with E-state index in [9.17, 15) is 4.79 Å². The van der Waals surface area contributed by atoms with Gasteiger partial charge in [0.05, 0.1) is 6.61 Å². The molecule has 0 aliphatic heterocycles. The molecule has 0 amide bonds. The molecule has 0 unspecified atom stereocenters. The van der Waals surface area contributed by atoms with Gasteiger partial charge in [0.15, 0.2) is 0 Å². The van der Waals surface area contributed by atoms with Crippen molar-refractivity contribution in [2.45, 2.75) is 39.0 Å². The topological polar surface area (TPSA) is 35.5 Å². The second-order valence-corrected chi connectivity index (χ2v) is 5.54. The smallest absolute Gasteiger partial charge is 0.434 e. The molecule has 0 fully saturated rings. The summed E-state index contributed by atoms with van der Waals surface area (Å²) >= 11 is 0. The summed E-state index contributed by atoms with van der Waals surface area (Å²) in [5.41, 5.74) is 2.50. The lowest BCUT2D eigenvalue weighted by Crippen LogP contribution is -2.11. The first-order valence-electron chi connectivity index (χ1n) is 8.25. The van der Waals surface area contributed by atoms with Crippen molar-refractivity contribution in [1.82, 2.24) is 0 Å². The molecule has 0 saturated heterocycles. The van der Waals surface area contributed by atoms with Crippen molar-refractivity contribution in [2.75, 3.05) is 6.61 Å². The Balaban J connectivity index is 1.66. The van der Waals surface area contributed by atoms with Crippen LogP contribution in [0.5, 0.6) is 5.75 Å². The van der Waals surface area contributed by atoms with Gasteiger partial charge in [-0.2, -0.15) is 0 Å². The maximum atomic E-state index is 11.6. The lowest BCUT2D eigenvalue weighted by molar-refractivity contribution is 0.0980. The molecule has 0 aromatic heterocycles. The number of carbonyl (C=O) groups is 1. The van der Waals surface area contributed by atoms with Crippen LogP contribution in [-0.2, 0) is 17.6 Å². The van der Waals surface area contributed by atoms with Crippen molar-refractivity contribution in [1.29, 1.82) is 0 Å². The lowest BCUT2D eigenvalue weighted by atomic mass is 10.1. The standard InChI is InChI=1S/C20H24O3/c1-2-3-8-18-12-14-19(15-13-18)23-20(21)22-16-7-11-17-9-5-4-6-10-17/h4-6,9-10,12-15H,2-3,7-8,11,16H2,1H3. The molecule has 0 aliphatic carbocycles. The number of benzene rings is 2. The minimum atomic E-state index is -0.639. The average Bonchev–Trinajstić information content (AvgIpc) is 2.59. The van der Waals surface area contributed by atoms with E-state index in [0.717, 1.165) is 19.3 Å². The first-order chi connectivity index (χ1) is 11.3. The summed E-state index contributed by atoms with van der Waals surface area (Å²) in [7, 11) is 0. The molecular weight excluding hydrogens is 288 g/mol. The van der Waals surface area contributed by atoms with E-state index in [1.807, 2.05) is 42.5 Å². The Labute approximate surface area is 138 Å². The van der Waals surface area contributed by atoms with Crippen LogP contribution >= 0.6 is 0 Å². The zero-order chi connectivity index (χ0) is 16.3. The van der Waals surface area contributed by atoms with Crippen LogP contribution in [-0.4, -0.2) is 12.8 Å². The molecule has 0 heterocycles. The van der Waals surface area contributed by atoms with E-state index in [1.165, 1.54) is 24.0 Å². The predicted octanol–water partition coefficient (Wildman–Crippen LogP) is 5.18.